The summed E-state index contributed by atoms with van der Waals surface area (Å²) in [6.07, 6.45) is 1.54. The van der Waals surface area contributed by atoms with Crippen LogP contribution in [0.1, 0.15) is 5.56 Å². The first-order valence-corrected chi connectivity index (χ1v) is 11.9. The molecule has 0 radical (unpaired) electrons. The minimum absolute atomic E-state index is 0.101. The van der Waals surface area contributed by atoms with Crippen molar-refractivity contribution in [1.82, 2.24) is 20.2 Å². The maximum atomic E-state index is 12.4. The molecule has 0 aliphatic heterocycles. The second-order valence-electron chi connectivity index (χ2n) is 7.20. The van der Waals surface area contributed by atoms with Gasteiger partial charge >= 0.3 is 0 Å². The standard InChI is InChI=1S/C25H22ClN5O3S/c1-33-21-10-6-18(7-11-21)24-29-30-25(31(24)20-8-12-22(34-2)13-9-20)35-16-23(32)28-27-15-17-4-3-5-19(26)14-17/h3-15H,16H2,1-2H3,(H,28,32)/b27-15+. The van der Waals surface area contributed by atoms with Crippen LogP contribution in [-0.4, -0.2) is 46.9 Å². The lowest BCUT2D eigenvalue weighted by Crippen LogP contribution is -2.20. The number of carbonyl (C=O) groups is 1. The van der Waals surface area contributed by atoms with Gasteiger partial charge in [-0.25, -0.2) is 5.43 Å². The molecular formula is C25H22ClN5O3S. The zero-order valence-electron chi connectivity index (χ0n) is 19.0. The van der Waals surface area contributed by atoms with Gasteiger partial charge in [0.05, 0.1) is 26.2 Å². The average molecular weight is 508 g/mol. The Hall–Kier alpha value is -3.82. The van der Waals surface area contributed by atoms with Crippen LogP contribution in [0.5, 0.6) is 11.5 Å². The normalized spacial score (nSPS) is 10.9. The number of nitrogens with zero attached hydrogens (tertiary/aromatic N) is 4. The highest BCUT2D eigenvalue weighted by atomic mass is 35.5. The van der Waals surface area contributed by atoms with Gasteiger partial charge in [-0.15, -0.1) is 10.2 Å². The second-order valence-corrected chi connectivity index (χ2v) is 8.58. The van der Waals surface area contributed by atoms with Crippen LogP contribution in [0.25, 0.3) is 17.1 Å². The molecule has 0 bridgehead atoms. The van der Waals surface area contributed by atoms with E-state index in [2.05, 4.69) is 20.7 Å². The van der Waals surface area contributed by atoms with E-state index in [0.29, 0.717) is 16.0 Å². The molecule has 3 aromatic carbocycles. The van der Waals surface area contributed by atoms with Crippen molar-refractivity contribution in [3.63, 3.8) is 0 Å². The van der Waals surface area contributed by atoms with Gasteiger partial charge in [0, 0.05) is 16.3 Å². The van der Waals surface area contributed by atoms with E-state index in [9.17, 15) is 4.79 Å². The van der Waals surface area contributed by atoms with Gasteiger partial charge in [0.2, 0.25) is 0 Å². The summed E-state index contributed by atoms with van der Waals surface area (Å²) in [5, 5.41) is 13.9. The Kier molecular flexibility index (Phi) is 8.02. The molecule has 0 spiro atoms. The first kappa shape index (κ1) is 24.3. The first-order valence-electron chi connectivity index (χ1n) is 10.5. The van der Waals surface area contributed by atoms with Crippen molar-refractivity contribution in [2.45, 2.75) is 5.16 Å². The van der Waals surface area contributed by atoms with Gasteiger partial charge in [-0.2, -0.15) is 5.10 Å². The zero-order valence-corrected chi connectivity index (χ0v) is 20.6. The molecule has 35 heavy (non-hydrogen) atoms. The number of ether oxygens (including phenoxy) is 2. The summed E-state index contributed by atoms with van der Waals surface area (Å²) in [5.41, 5.74) is 5.01. The summed E-state index contributed by atoms with van der Waals surface area (Å²) in [5.74, 6) is 1.94. The van der Waals surface area contributed by atoms with Crippen molar-refractivity contribution in [3.8, 4) is 28.6 Å². The fraction of sp³-hybridized carbons (Fsp3) is 0.120. The number of nitrogens with one attached hydrogen (secondary N) is 1. The number of hydrogen-bond donors (Lipinski definition) is 1. The number of methoxy groups -OCH3 is 2. The molecule has 4 rings (SSSR count). The van der Waals surface area contributed by atoms with Gasteiger partial charge in [-0.05, 0) is 66.2 Å². The topological polar surface area (TPSA) is 90.6 Å². The average Bonchev–Trinajstić information content (AvgIpc) is 3.31. The van der Waals surface area contributed by atoms with Crippen LogP contribution < -0.4 is 14.9 Å². The molecule has 0 saturated carbocycles. The van der Waals surface area contributed by atoms with Crippen LogP contribution in [0, 0.1) is 0 Å². The van der Waals surface area contributed by atoms with Crippen LogP contribution in [0.4, 0.5) is 0 Å². The quantitative estimate of drug-likeness (QED) is 0.198. The predicted molar refractivity (Wildman–Crippen MR) is 138 cm³/mol. The molecule has 1 heterocycles. The van der Waals surface area contributed by atoms with E-state index in [-0.39, 0.29) is 11.7 Å². The van der Waals surface area contributed by atoms with Gasteiger partial charge in [-0.1, -0.05) is 35.5 Å². The van der Waals surface area contributed by atoms with E-state index in [0.717, 1.165) is 28.3 Å². The Morgan fingerprint density at radius 3 is 2.37 bits per heavy atom. The maximum absolute atomic E-state index is 12.4. The molecule has 0 atom stereocenters. The lowest BCUT2D eigenvalue weighted by Gasteiger charge is -2.11. The molecule has 178 valence electrons. The minimum Gasteiger partial charge on any atom is -0.497 e. The Morgan fingerprint density at radius 2 is 1.71 bits per heavy atom. The van der Waals surface area contributed by atoms with E-state index in [4.69, 9.17) is 21.1 Å². The predicted octanol–water partition coefficient (Wildman–Crippen LogP) is 4.85. The second kappa shape index (κ2) is 11.5. The number of benzene rings is 3. The lowest BCUT2D eigenvalue weighted by molar-refractivity contribution is -0.118. The monoisotopic (exact) mass is 507 g/mol. The third-order valence-corrected chi connectivity index (χ3v) is 6.06. The summed E-state index contributed by atoms with van der Waals surface area (Å²) in [4.78, 5) is 12.4. The number of carbonyl (C=O) groups excluding carboxylic acids is 1. The lowest BCUT2D eigenvalue weighted by atomic mass is 10.2. The highest BCUT2D eigenvalue weighted by Gasteiger charge is 2.17. The maximum Gasteiger partial charge on any atom is 0.250 e. The van der Waals surface area contributed by atoms with Crippen molar-refractivity contribution in [2.75, 3.05) is 20.0 Å². The minimum atomic E-state index is -0.274. The van der Waals surface area contributed by atoms with Gasteiger partial charge in [0.25, 0.3) is 5.91 Å². The Balaban J connectivity index is 1.53. The Bertz CT molecular complexity index is 1320. The Labute approximate surface area is 211 Å². The third-order valence-electron chi connectivity index (χ3n) is 4.90. The van der Waals surface area contributed by atoms with Crippen molar-refractivity contribution in [1.29, 1.82) is 0 Å². The number of hydrogen-bond acceptors (Lipinski definition) is 7. The van der Waals surface area contributed by atoms with Crippen molar-refractivity contribution in [3.05, 3.63) is 83.4 Å². The molecule has 8 nitrogen and oxygen atoms in total. The molecule has 4 aromatic rings. The van der Waals surface area contributed by atoms with Crippen molar-refractivity contribution in [2.24, 2.45) is 5.10 Å². The number of hydrazone groups is 1. The van der Waals surface area contributed by atoms with Crippen LogP contribution in [0.3, 0.4) is 0 Å². The molecule has 0 fully saturated rings. The first-order chi connectivity index (χ1) is 17.1. The molecule has 0 unspecified atom stereocenters. The number of thioether (sulfide) groups is 1. The highest BCUT2D eigenvalue weighted by Crippen LogP contribution is 2.29. The van der Waals surface area contributed by atoms with Gasteiger partial charge in [-0.3, -0.25) is 9.36 Å². The molecular weight excluding hydrogens is 486 g/mol. The van der Waals surface area contributed by atoms with Crippen molar-refractivity contribution < 1.29 is 14.3 Å². The molecule has 1 N–H and O–H groups in total. The Morgan fingerprint density at radius 1 is 1.03 bits per heavy atom. The summed E-state index contributed by atoms with van der Waals surface area (Å²) in [6.45, 7) is 0. The molecule has 10 heteroatoms. The van der Waals surface area contributed by atoms with Gasteiger partial charge in [0.1, 0.15) is 11.5 Å². The van der Waals surface area contributed by atoms with E-state index in [1.807, 2.05) is 65.2 Å². The fourth-order valence-corrected chi connectivity index (χ4v) is 4.13. The number of halogens is 1. The van der Waals surface area contributed by atoms with Gasteiger partial charge < -0.3 is 9.47 Å². The zero-order chi connectivity index (χ0) is 24.6. The smallest absolute Gasteiger partial charge is 0.250 e. The van der Waals surface area contributed by atoms with E-state index >= 15 is 0 Å². The molecule has 0 saturated heterocycles. The molecule has 0 aliphatic rings. The van der Waals surface area contributed by atoms with E-state index in [1.54, 1.807) is 26.4 Å². The summed E-state index contributed by atoms with van der Waals surface area (Å²) < 4.78 is 12.4. The molecule has 0 aliphatic carbocycles. The largest absolute Gasteiger partial charge is 0.497 e. The van der Waals surface area contributed by atoms with Crippen molar-refractivity contribution >= 4 is 35.5 Å². The number of rotatable bonds is 9. The third kappa shape index (κ3) is 6.20. The molecule has 1 amide bonds. The fourth-order valence-electron chi connectivity index (χ4n) is 3.18. The van der Waals surface area contributed by atoms with E-state index < -0.39 is 0 Å². The summed E-state index contributed by atoms with van der Waals surface area (Å²) in [6, 6.07) is 22.3. The highest BCUT2D eigenvalue weighted by molar-refractivity contribution is 7.99. The number of amides is 1. The summed E-state index contributed by atoms with van der Waals surface area (Å²) >= 11 is 7.22. The number of aromatic nitrogens is 3. The van der Waals surface area contributed by atoms with Gasteiger partial charge in [0.15, 0.2) is 11.0 Å². The summed E-state index contributed by atoms with van der Waals surface area (Å²) in [7, 11) is 3.24. The van der Waals surface area contributed by atoms with Crippen LogP contribution in [-0.2, 0) is 4.79 Å². The SMILES string of the molecule is COc1ccc(-c2nnc(SCC(=O)N/N=C/c3cccc(Cl)c3)n2-c2ccc(OC)cc2)cc1. The van der Waals surface area contributed by atoms with Crippen LogP contribution >= 0.6 is 23.4 Å². The molecule has 1 aromatic heterocycles. The van der Waals surface area contributed by atoms with E-state index in [1.165, 1.54) is 18.0 Å². The van der Waals surface area contributed by atoms with Crippen LogP contribution in [0.15, 0.2) is 83.1 Å². The van der Waals surface area contributed by atoms with Crippen LogP contribution in [0.2, 0.25) is 5.02 Å².